The van der Waals surface area contributed by atoms with Gasteiger partial charge in [-0.2, -0.15) is 0 Å². The van der Waals surface area contributed by atoms with Crippen LogP contribution in [-0.4, -0.2) is 28.8 Å². The van der Waals surface area contributed by atoms with Crippen molar-refractivity contribution in [3.63, 3.8) is 0 Å². The Bertz CT molecular complexity index is 581. The predicted octanol–water partition coefficient (Wildman–Crippen LogP) is 3.20. The first-order chi connectivity index (χ1) is 10.3. The summed E-state index contributed by atoms with van der Waals surface area (Å²) < 4.78 is 6.37. The van der Waals surface area contributed by atoms with Crippen molar-refractivity contribution in [2.75, 3.05) is 11.9 Å². The molecule has 1 amide bonds. The van der Waals surface area contributed by atoms with E-state index in [1.807, 2.05) is 24.3 Å². The maximum absolute atomic E-state index is 11.9. The van der Waals surface area contributed by atoms with Crippen LogP contribution in [0.25, 0.3) is 0 Å². The molecule has 0 radical (unpaired) electrons. The minimum absolute atomic E-state index is 0.00595. The number of benzene rings is 1. The maximum atomic E-state index is 11.9. The molecule has 1 N–H and O–H groups in total. The largest absolute Gasteiger partial charge is 0.378 e. The fourth-order valence-electron chi connectivity index (χ4n) is 2.14. The molecule has 0 spiro atoms. The fraction of sp³-hybridized carbons (Fsp3) is 0.357. The van der Waals surface area contributed by atoms with Crippen molar-refractivity contribution >= 4 is 34.7 Å². The van der Waals surface area contributed by atoms with E-state index >= 15 is 0 Å². The lowest BCUT2D eigenvalue weighted by molar-refractivity contribution is -0.118. The molecule has 2 aromatic rings. The highest BCUT2D eigenvalue weighted by molar-refractivity contribution is 8.01. The quantitative estimate of drug-likeness (QED) is 0.916. The Morgan fingerprint density at radius 2 is 2.29 bits per heavy atom. The zero-order valence-electron chi connectivity index (χ0n) is 11.3. The average molecular weight is 321 g/mol. The Morgan fingerprint density at radius 1 is 1.43 bits per heavy atom. The van der Waals surface area contributed by atoms with Crippen molar-refractivity contribution in [2.24, 2.45) is 0 Å². The van der Waals surface area contributed by atoms with E-state index in [0.717, 1.165) is 34.4 Å². The van der Waals surface area contributed by atoms with Crippen LogP contribution in [0.4, 0.5) is 5.69 Å². The number of hydrogen-bond acceptors (Lipinski definition) is 6. The molecule has 2 heterocycles. The Kier molecular flexibility index (Phi) is 4.84. The van der Waals surface area contributed by atoms with Gasteiger partial charge < -0.3 is 10.1 Å². The molecular weight excluding hydrogens is 306 g/mol. The van der Waals surface area contributed by atoms with Gasteiger partial charge in [-0.05, 0) is 37.1 Å². The second-order valence-electron chi connectivity index (χ2n) is 4.72. The Balaban J connectivity index is 1.52. The molecule has 0 aliphatic carbocycles. The van der Waals surface area contributed by atoms with Crippen LogP contribution in [0.3, 0.4) is 0 Å². The molecule has 3 rings (SSSR count). The van der Waals surface area contributed by atoms with E-state index < -0.39 is 0 Å². The number of hydrogen-bond donors (Lipinski definition) is 1. The maximum Gasteiger partial charge on any atom is 0.226 e. The summed E-state index contributed by atoms with van der Waals surface area (Å²) in [6.07, 6.45) is 2.54. The van der Waals surface area contributed by atoms with Gasteiger partial charge >= 0.3 is 0 Å². The number of nitrogens with one attached hydrogen (secondary N) is 1. The molecular formula is C14H15N3O2S2. The minimum Gasteiger partial charge on any atom is -0.378 e. The third-order valence-electron chi connectivity index (χ3n) is 3.12. The number of carbonyl (C=O) groups excluding carboxylic acids is 1. The van der Waals surface area contributed by atoms with Crippen molar-refractivity contribution in [3.05, 3.63) is 29.8 Å². The number of nitrogens with zero attached hydrogens (tertiary/aromatic N) is 2. The molecule has 0 saturated carbocycles. The lowest BCUT2D eigenvalue weighted by atomic mass is 10.2. The van der Waals surface area contributed by atoms with Crippen LogP contribution < -0.4 is 5.32 Å². The number of anilines is 1. The van der Waals surface area contributed by atoms with Crippen LogP contribution in [0, 0.1) is 0 Å². The average Bonchev–Trinajstić information content (AvgIpc) is 3.14. The van der Waals surface area contributed by atoms with E-state index in [1.165, 1.54) is 11.3 Å². The molecule has 5 nitrogen and oxygen atoms in total. The highest BCUT2D eigenvalue weighted by Gasteiger charge is 2.18. The second kappa shape index (κ2) is 7.02. The van der Waals surface area contributed by atoms with Crippen molar-refractivity contribution < 1.29 is 9.53 Å². The lowest BCUT2D eigenvalue weighted by Gasteiger charge is -2.10. The highest BCUT2D eigenvalue weighted by atomic mass is 32.2. The van der Waals surface area contributed by atoms with Gasteiger partial charge in [-0.3, -0.25) is 4.79 Å². The van der Waals surface area contributed by atoms with Gasteiger partial charge in [0.15, 0.2) is 4.34 Å². The predicted molar refractivity (Wildman–Crippen MR) is 82.7 cm³/mol. The van der Waals surface area contributed by atoms with Crippen LogP contribution in [0.5, 0.6) is 0 Å². The molecule has 1 fully saturated rings. The summed E-state index contributed by atoms with van der Waals surface area (Å²) in [7, 11) is 0. The molecule has 0 bridgehead atoms. The summed E-state index contributed by atoms with van der Waals surface area (Å²) >= 11 is 3.07. The second-order valence-corrected chi connectivity index (χ2v) is 6.87. The van der Waals surface area contributed by atoms with Gasteiger partial charge in [-0.1, -0.05) is 23.1 Å². The molecule has 0 unspecified atom stereocenters. The number of carbonyl (C=O) groups is 1. The summed E-state index contributed by atoms with van der Waals surface area (Å²) in [6, 6.07) is 7.73. The molecule has 1 aliphatic rings. The van der Waals surface area contributed by atoms with Gasteiger partial charge in [0.2, 0.25) is 5.91 Å². The van der Waals surface area contributed by atoms with Crippen LogP contribution >= 0.6 is 23.1 Å². The first-order valence-electron chi connectivity index (χ1n) is 6.75. The number of ether oxygens (including phenoxy) is 1. The van der Waals surface area contributed by atoms with Crippen LogP contribution in [0.15, 0.2) is 39.0 Å². The first-order valence-corrected chi connectivity index (χ1v) is 8.45. The lowest BCUT2D eigenvalue weighted by Crippen LogP contribution is -2.19. The SMILES string of the molecule is O=C(C[C@@H]1CCCO1)Nc1ccc(Sc2nncs2)cc1. The van der Waals surface area contributed by atoms with E-state index in [2.05, 4.69) is 15.5 Å². The summed E-state index contributed by atoms with van der Waals surface area (Å²) in [5.41, 5.74) is 2.52. The molecule has 7 heteroatoms. The molecule has 1 aromatic carbocycles. The van der Waals surface area contributed by atoms with Gasteiger partial charge in [0, 0.05) is 17.2 Å². The number of aromatic nitrogens is 2. The Morgan fingerprint density at radius 3 is 2.95 bits per heavy atom. The Hall–Kier alpha value is -1.44. The molecule has 1 aliphatic heterocycles. The van der Waals surface area contributed by atoms with E-state index in [-0.39, 0.29) is 12.0 Å². The topological polar surface area (TPSA) is 64.1 Å². The van der Waals surface area contributed by atoms with Crippen molar-refractivity contribution in [2.45, 2.75) is 34.6 Å². The molecule has 110 valence electrons. The van der Waals surface area contributed by atoms with Crippen molar-refractivity contribution in [3.8, 4) is 0 Å². The van der Waals surface area contributed by atoms with Gasteiger partial charge in [-0.15, -0.1) is 10.2 Å². The zero-order valence-corrected chi connectivity index (χ0v) is 13.0. The smallest absolute Gasteiger partial charge is 0.226 e. The van der Waals surface area contributed by atoms with Gasteiger partial charge in [0.1, 0.15) is 5.51 Å². The van der Waals surface area contributed by atoms with E-state index in [4.69, 9.17) is 4.74 Å². The Labute approximate surface area is 131 Å². The summed E-state index contributed by atoms with van der Waals surface area (Å²) in [5.74, 6) is 0.00595. The third kappa shape index (κ3) is 4.26. The minimum atomic E-state index is 0.00595. The van der Waals surface area contributed by atoms with Gasteiger partial charge in [-0.25, -0.2) is 0 Å². The van der Waals surface area contributed by atoms with E-state index in [9.17, 15) is 4.79 Å². The molecule has 1 aromatic heterocycles. The monoisotopic (exact) mass is 321 g/mol. The van der Waals surface area contributed by atoms with E-state index in [1.54, 1.807) is 17.3 Å². The highest BCUT2D eigenvalue weighted by Crippen LogP contribution is 2.29. The number of amides is 1. The molecule has 1 saturated heterocycles. The summed E-state index contributed by atoms with van der Waals surface area (Å²) in [4.78, 5) is 13.0. The molecule has 21 heavy (non-hydrogen) atoms. The standard InChI is InChI=1S/C14H15N3O2S2/c18-13(8-11-2-1-7-19-11)16-10-3-5-12(6-4-10)21-14-17-15-9-20-14/h3-6,9,11H,1-2,7-8H2,(H,16,18)/t11-/m0/s1. The summed E-state index contributed by atoms with van der Waals surface area (Å²) in [5, 5.41) is 10.7. The first kappa shape index (κ1) is 14.5. The number of rotatable bonds is 5. The van der Waals surface area contributed by atoms with Crippen LogP contribution in [0.1, 0.15) is 19.3 Å². The summed E-state index contributed by atoms with van der Waals surface area (Å²) in [6.45, 7) is 0.773. The van der Waals surface area contributed by atoms with Gasteiger partial charge in [0.25, 0.3) is 0 Å². The third-order valence-corrected chi connectivity index (χ3v) is 4.91. The van der Waals surface area contributed by atoms with E-state index in [0.29, 0.717) is 6.42 Å². The van der Waals surface area contributed by atoms with Gasteiger partial charge in [0.05, 0.1) is 12.5 Å². The van der Waals surface area contributed by atoms with Crippen LogP contribution in [0.2, 0.25) is 0 Å². The van der Waals surface area contributed by atoms with Crippen LogP contribution in [-0.2, 0) is 9.53 Å². The van der Waals surface area contributed by atoms with Crippen molar-refractivity contribution in [1.82, 2.24) is 10.2 Å². The van der Waals surface area contributed by atoms with Crippen molar-refractivity contribution in [1.29, 1.82) is 0 Å². The zero-order chi connectivity index (χ0) is 14.5. The normalized spacial score (nSPS) is 17.8. The molecule has 1 atom stereocenters. The fourth-order valence-corrected chi connectivity index (χ4v) is 3.59.